The number of hydrogen-bond donors (Lipinski definition) is 1. The van der Waals surface area contributed by atoms with Crippen molar-refractivity contribution in [2.45, 2.75) is 18.9 Å². The van der Waals surface area contributed by atoms with Crippen LogP contribution >= 0.6 is 15.9 Å². The third kappa shape index (κ3) is 2.17. The van der Waals surface area contributed by atoms with Crippen molar-refractivity contribution in [1.82, 2.24) is 9.88 Å². The van der Waals surface area contributed by atoms with Gasteiger partial charge in [0.2, 0.25) is 0 Å². The number of aromatic amines is 1. The molecule has 3 aliphatic heterocycles. The predicted molar refractivity (Wildman–Crippen MR) is 91.3 cm³/mol. The second-order valence-electron chi connectivity index (χ2n) is 7.31. The van der Waals surface area contributed by atoms with Crippen molar-refractivity contribution in [1.29, 1.82) is 0 Å². The van der Waals surface area contributed by atoms with E-state index in [1.165, 1.54) is 19.4 Å². The van der Waals surface area contributed by atoms with Crippen molar-refractivity contribution in [3.63, 3.8) is 0 Å². The van der Waals surface area contributed by atoms with E-state index in [1.54, 1.807) is 6.20 Å². The number of nitrogens with one attached hydrogen (secondary N) is 1. The van der Waals surface area contributed by atoms with E-state index in [0.717, 1.165) is 34.4 Å². The number of rotatable bonds is 2. The van der Waals surface area contributed by atoms with Gasteiger partial charge in [-0.25, -0.2) is 4.79 Å². The van der Waals surface area contributed by atoms with Crippen LogP contribution in [0.4, 0.5) is 0 Å². The standard InChI is InChI=1S/C18H19BrN2O2/c19-14-2-1-3-15-16(14)13(6-20-15)18(22)23-17-11-4-10-5-12(17)9-21(7-10)8-11/h1-3,6,10-12,17,20H,4-5,7-9H2. The third-order valence-electron chi connectivity index (χ3n) is 5.82. The van der Waals surface area contributed by atoms with E-state index in [1.807, 2.05) is 18.2 Å². The Bertz CT molecular complexity index is 756. The molecule has 2 aromatic rings. The van der Waals surface area contributed by atoms with Crippen LogP contribution < -0.4 is 0 Å². The molecule has 1 aromatic heterocycles. The molecule has 4 fully saturated rings. The van der Waals surface area contributed by atoms with E-state index in [2.05, 4.69) is 25.8 Å². The Hall–Kier alpha value is -1.33. The minimum Gasteiger partial charge on any atom is -0.458 e. The number of piperidine rings is 3. The fraction of sp³-hybridized carbons (Fsp3) is 0.500. The van der Waals surface area contributed by atoms with Crippen LogP contribution in [0.5, 0.6) is 0 Å². The molecule has 3 saturated heterocycles. The predicted octanol–water partition coefficient (Wildman–Crippen LogP) is 3.43. The Labute approximate surface area is 143 Å². The van der Waals surface area contributed by atoms with Gasteiger partial charge in [-0.1, -0.05) is 22.0 Å². The Balaban J connectivity index is 1.43. The summed E-state index contributed by atoms with van der Waals surface area (Å²) in [7, 11) is 0. The summed E-state index contributed by atoms with van der Waals surface area (Å²) in [4.78, 5) is 18.5. The summed E-state index contributed by atoms with van der Waals surface area (Å²) in [5, 5.41) is 0.921. The fourth-order valence-electron chi connectivity index (χ4n) is 5.04. The van der Waals surface area contributed by atoms with Crippen LogP contribution in [0, 0.1) is 17.8 Å². The normalized spacial score (nSPS) is 34.9. The summed E-state index contributed by atoms with van der Waals surface area (Å²) >= 11 is 3.55. The lowest BCUT2D eigenvalue weighted by atomic mass is 9.66. The highest BCUT2D eigenvalue weighted by Gasteiger charge is 2.49. The van der Waals surface area contributed by atoms with Crippen molar-refractivity contribution in [3.05, 3.63) is 34.4 Å². The Kier molecular flexibility index (Phi) is 3.10. The minimum atomic E-state index is -0.185. The maximum Gasteiger partial charge on any atom is 0.340 e. The highest BCUT2D eigenvalue weighted by Crippen LogP contribution is 2.45. The summed E-state index contributed by atoms with van der Waals surface area (Å²) in [5.41, 5.74) is 1.60. The second-order valence-corrected chi connectivity index (χ2v) is 8.17. The average molecular weight is 375 g/mol. The third-order valence-corrected chi connectivity index (χ3v) is 6.48. The maximum atomic E-state index is 12.8. The number of halogens is 1. The van der Waals surface area contributed by atoms with Crippen molar-refractivity contribution in [2.75, 3.05) is 19.6 Å². The van der Waals surface area contributed by atoms with E-state index in [4.69, 9.17) is 4.74 Å². The summed E-state index contributed by atoms with van der Waals surface area (Å²) in [5.74, 6) is 1.69. The molecule has 4 aliphatic rings. The number of esters is 1. The van der Waals surface area contributed by atoms with Crippen molar-refractivity contribution in [3.8, 4) is 0 Å². The number of hydrogen-bond acceptors (Lipinski definition) is 3. The highest BCUT2D eigenvalue weighted by molar-refractivity contribution is 9.10. The number of ether oxygens (including phenoxy) is 1. The lowest BCUT2D eigenvalue weighted by Gasteiger charge is -2.55. The first-order chi connectivity index (χ1) is 11.2. The van der Waals surface area contributed by atoms with Gasteiger partial charge in [0, 0.05) is 53.0 Å². The monoisotopic (exact) mass is 374 g/mol. The largest absolute Gasteiger partial charge is 0.458 e. The molecule has 23 heavy (non-hydrogen) atoms. The molecule has 4 bridgehead atoms. The van der Waals surface area contributed by atoms with Crippen LogP contribution in [0.3, 0.4) is 0 Å². The number of carbonyl (C=O) groups is 1. The van der Waals surface area contributed by atoms with Gasteiger partial charge < -0.3 is 14.6 Å². The van der Waals surface area contributed by atoms with E-state index in [0.29, 0.717) is 17.4 Å². The number of benzene rings is 1. The molecule has 4 heterocycles. The Morgan fingerprint density at radius 1 is 1.22 bits per heavy atom. The lowest BCUT2D eigenvalue weighted by molar-refractivity contribution is -0.116. The molecule has 0 spiro atoms. The van der Waals surface area contributed by atoms with Gasteiger partial charge >= 0.3 is 5.97 Å². The number of aromatic nitrogens is 1. The molecular formula is C18H19BrN2O2. The quantitative estimate of drug-likeness (QED) is 0.819. The number of H-pyrrole nitrogens is 1. The first-order valence-corrected chi connectivity index (χ1v) is 9.17. The van der Waals surface area contributed by atoms with Crippen LogP contribution in [0.25, 0.3) is 10.9 Å². The van der Waals surface area contributed by atoms with Gasteiger partial charge in [-0.3, -0.25) is 0 Å². The number of carbonyl (C=O) groups excluding carboxylic acids is 1. The fourth-order valence-corrected chi connectivity index (χ4v) is 5.62. The van der Waals surface area contributed by atoms with Crippen LogP contribution in [-0.2, 0) is 4.74 Å². The average Bonchev–Trinajstić information content (AvgIpc) is 2.95. The molecule has 1 aliphatic carbocycles. The number of fused-ring (bicyclic) bond motifs is 1. The van der Waals surface area contributed by atoms with Gasteiger partial charge in [-0.2, -0.15) is 0 Å². The molecule has 2 unspecified atom stereocenters. The first-order valence-electron chi connectivity index (χ1n) is 8.38. The topological polar surface area (TPSA) is 45.3 Å². The van der Waals surface area contributed by atoms with Crippen LogP contribution in [-0.4, -0.2) is 41.6 Å². The Morgan fingerprint density at radius 2 is 2.00 bits per heavy atom. The molecule has 6 rings (SSSR count). The zero-order valence-corrected chi connectivity index (χ0v) is 14.4. The SMILES string of the molecule is O=C(OC1C2CC3CC1CN(C3)C2)c1c[nH]c2cccc(Br)c12. The minimum absolute atomic E-state index is 0.0998. The van der Waals surface area contributed by atoms with Crippen LogP contribution in [0.1, 0.15) is 23.2 Å². The number of nitrogens with zero attached hydrogens (tertiary/aromatic N) is 1. The van der Waals surface area contributed by atoms with Gasteiger partial charge in [0.25, 0.3) is 0 Å². The molecular weight excluding hydrogens is 356 g/mol. The molecule has 1 saturated carbocycles. The molecule has 120 valence electrons. The molecule has 1 N–H and O–H groups in total. The molecule has 5 heteroatoms. The van der Waals surface area contributed by atoms with Gasteiger partial charge in [0.15, 0.2) is 0 Å². The van der Waals surface area contributed by atoms with Gasteiger partial charge in [-0.05, 0) is 30.9 Å². The van der Waals surface area contributed by atoms with Crippen molar-refractivity contribution >= 4 is 32.8 Å². The van der Waals surface area contributed by atoms with Crippen molar-refractivity contribution in [2.24, 2.45) is 17.8 Å². The molecule has 4 nitrogen and oxygen atoms in total. The zero-order valence-electron chi connectivity index (χ0n) is 12.8. The summed E-state index contributed by atoms with van der Waals surface area (Å²) < 4.78 is 6.96. The van der Waals surface area contributed by atoms with E-state index >= 15 is 0 Å². The Morgan fingerprint density at radius 3 is 2.74 bits per heavy atom. The summed E-state index contributed by atoms with van der Waals surface area (Å²) in [6.07, 6.45) is 4.32. The summed E-state index contributed by atoms with van der Waals surface area (Å²) in [6.45, 7) is 3.45. The van der Waals surface area contributed by atoms with E-state index in [9.17, 15) is 4.79 Å². The highest BCUT2D eigenvalue weighted by atomic mass is 79.9. The molecule has 0 radical (unpaired) electrons. The van der Waals surface area contributed by atoms with Crippen LogP contribution in [0.2, 0.25) is 0 Å². The molecule has 1 aromatic carbocycles. The first kappa shape index (κ1) is 14.1. The molecule has 2 atom stereocenters. The van der Waals surface area contributed by atoms with Crippen molar-refractivity contribution < 1.29 is 9.53 Å². The smallest absolute Gasteiger partial charge is 0.340 e. The van der Waals surface area contributed by atoms with E-state index < -0.39 is 0 Å². The summed E-state index contributed by atoms with van der Waals surface area (Å²) in [6, 6.07) is 5.90. The molecule has 0 amide bonds. The van der Waals surface area contributed by atoms with Gasteiger partial charge in [-0.15, -0.1) is 0 Å². The zero-order chi connectivity index (χ0) is 15.6. The van der Waals surface area contributed by atoms with Gasteiger partial charge in [0.1, 0.15) is 6.10 Å². The van der Waals surface area contributed by atoms with E-state index in [-0.39, 0.29) is 12.1 Å². The van der Waals surface area contributed by atoms with Crippen LogP contribution in [0.15, 0.2) is 28.9 Å². The lowest BCUT2D eigenvalue weighted by Crippen LogP contribution is -2.60. The van der Waals surface area contributed by atoms with Gasteiger partial charge in [0.05, 0.1) is 5.56 Å². The maximum absolute atomic E-state index is 12.8. The second kappa shape index (κ2) is 5.08.